The predicted molar refractivity (Wildman–Crippen MR) is 133 cm³/mol. The van der Waals surface area contributed by atoms with Crippen molar-refractivity contribution in [2.75, 3.05) is 14.1 Å². The molecular weight excluding hydrogens is 419 g/mol. The Labute approximate surface area is 191 Å². The Morgan fingerprint density at radius 3 is 1.61 bits per heavy atom. The van der Waals surface area contributed by atoms with Crippen LogP contribution >= 0.6 is 6.57 Å². The highest BCUT2D eigenvalue weighted by Crippen LogP contribution is 2.70. The van der Waals surface area contributed by atoms with Gasteiger partial charge in [-0.3, -0.25) is 0 Å². The van der Waals surface area contributed by atoms with Crippen LogP contribution in [0.5, 0.6) is 0 Å². The number of nitrogens with zero attached hydrogens (tertiary/aromatic N) is 2. The fraction of sp³-hybridized carbons (Fsp3) is 0.308. The summed E-state index contributed by atoms with van der Waals surface area (Å²) in [6.45, 7) is -0.243. The van der Waals surface area contributed by atoms with Crippen LogP contribution in [0, 0.1) is 0 Å². The predicted octanol–water partition coefficient (Wildman–Crippen LogP) is 7.13. The molecule has 0 aliphatic carbocycles. The molecule has 0 amide bonds. The summed E-state index contributed by atoms with van der Waals surface area (Å²) in [6.07, 6.45) is 2.00. The zero-order valence-corrected chi connectivity index (χ0v) is 20.2. The Balaban J connectivity index is 1.76. The van der Waals surface area contributed by atoms with E-state index in [0.29, 0.717) is 0 Å². The molecule has 3 nitrogen and oxygen atoms in total. The molecule has 5 heteroatoms. The molecule has 0 bridgehead atoms. The average Bonchev–Trinajstić information content (AvgIpc) is 3.01. The third-order valence-corrected chi connectivity index (χ3v) is 10.6. The van der Waals surface area contributed by atoms with E-state index in [0.717, 1.165) is 12.8 Å². The number of hydrogen-bond donors (Lipinski definition) is 0. The van der Waals surface area contributed by atoms with E-state index in [2.05, 4.69) is 121 Å². The van der Waals surface area contributed by atoms with Crippen molar-refractivity contribution in [3.63, 3.8) is 0 Å². The van der Waals surface area contributed by atoms with Gasteiger partial charge in [-0.05, 0) is 49.0 Å². The molecule has 1 heterocycles. The van der Waals surface area contributed by atoms with Crippen molar-refractivity contribution in [2.45, 2.75) is 38.0 Å². The molecule has 3 aromatic rings. The van der Waals surface area contributed by atoms with E-state index >= 15 is 0 Å². The Kier molecular flexibility index (Phi) is 7.05. The summed E-state index contributed by atoms with van der Waals surface area (Å²) >= 11 is 6.40. The number of hydrogen-bond acceptors (Lipinski definition) is 2. The van der Waals surface area contributed by atoms with E-state index in [9.17, 15) is 0 Å². The van der Waals surface area contributed by atoms with Gasteiger partial charge in [0.1, 0.15) is 0 Å². The van der Waals surface area contributed by atoms with Crippen molar-refractivity contribution in [3.05, 3.63) is 108 Å². The quantitative estimate of drug-likeness (QED) is 0.356. The second-order valence-electron chi connectivity index (χ2n) is 8.14. The first kappa shape index (κ1) is 22.4. The highest BCUT2D eigenvalue weighted by Gasteiger charge is 2.51. The zero-order chi connectivity index (χ0) is 21.8. The molecule has 0 radical (unpaired) electrons. The van der Waals surface area contributed by atoms with E-state index in [1.165, 1.54) is 16.7 Å². The summed E-state index contributed by atoms with van der Waals surface area (Å²) in [5.41, 5.74) is 3.75. The van der Waals surface area contributed by atoms with Gasteiger partial charge in [0.05, 0.1) is 18.2 Å². The summed E-state index contributed by atoms with van der Waals surface area (Å²) in [5, 5.41) is 0. The van der Waals surface area contributed by atoms with Gasteiger partial charge in [-0.25, -0.2) is 9.34 Å². The molecule has 1 aliphatic heterocycles. The maximum absolute atomic E-state index is 6.93. The lowest BCUT2D eigenvalue weighted by molar-refractivity contribution is 0.190. The van der Waals surface area contributed by atoms with Crippen molar-refractivity contribution < 1.29 is 4.52 Å². The van der Waals surface area contributed by atoms with Gasteiger partial charge in [0, 0.05) is 0 Å². The topological polar surface area (TPSA) is 15.7 Å². The Hall–Kier alpha value is -1.81. The maximum atomic E-state index is 6.93. The molecule has 0 unspecified atom stereocenters. The Bertz CT molecular complexity index is 960. The van der Waals surface area contributed by atoms with Gasteiger partial charge in [0.15, 0.2) is 0 Å². The van der Waals surface area contributed by atoms with E-state index < -0.39 is 6.57 Å². The van der Waals surface area contributed by atoms with Gasteiger partial charge in [-0.15, -0.1) is 0 Å². The molecule has 0 saturated carbocycles. The Morgan fingerprint density at radius 2 is 1.19 bits per heavy atom. The number of benzene rings is 3. The van der Waals surface area contributed by atoms with Crippen molar-refractivity contribution >= 4 is 18.4 Å². The van der Waals surface area contributed by atoms with Gasteiger partial charge in [-0.1, -0.05) is 104 Å². The van der Waals surface area contributed by atoms with Crippen LogP contribution in [-0.2, 0) is 16.3 Å². The molecule has 0 N–H and O–H groups in total. The summed E-state index contributed by atoms with van der Waals surface area (Å²) in [7, 11) is 4.29. The first-order valence-electron chi connectivity index (χ1n) is 11.0. The molecule has 1 aliphatic rings. The first-order chi connectivity index (χ1) is 15.1. The minimum absolute atomic E-state index is 0.00659. The van der Waals surface area contributed by atoms with Gasteiger partial charge in [0.25, 0.3) is 0 Å². The monoisotopic (exact) mass is 450 g/mol. The van der Waals surface area contributed by atoms with Gasteiger partial charge >= 0.3 is 0 Å². The molecule has 3 aromatic carbocycles. The van der Waals surface area contributed by atoms with Crippen molar-refractivity contribution in [3.8, 4) is 0 Å². The number of likely N-dealkylation sites (N-methyl/N-ethyl adjacent to an activating group) is 2. The van der Waals surface area contributed by atoms with Crippen molar-refractivity contribution in [2.24, 2.45) is 0 Å². The smallest absolute Gasteiger partial charge is 0.204 e. The van der Waals surface area contributed by atoms with Crippen LogP contribution in [0.3, 0.4) is 0 Å². The lowest BCUT2D eigenvalue weighted by Gasteiger charge is -2.34. The lowest BCUT2D eigenvalue weighted by Crippen LogP contribution is -2.20. The van der Waals surface area contributed by atoms with E-state index in [1.54, 1.807) is 0 Å². The largest absolute Gasteiger partial charge is 0.318 e. The molecule has 1 saturated heterocycles. The molecule has 162 valence electrons. The number of rotatable bonds is 7. The highest BCUT2D eigenvalue weighted by molar-refractivity contribution is 8.10. The minimum atomic E-state index is -2.45. The fourth-order valence-corrected chi connectivity index (χ4v) is 7.94. The third kappa shape index (κ3) is 4.41. The molecule has 31 heavy (non-hydrogen) atoms. The standard InChI is InChI=1S/C26H31N2OPS/c1-4-14-24(21-15-8-5-9-16-21)29-30(31)27(2)25(22-17-10-6-11-18-22)26(28(30)3)23-19-12-7-13-20-23/h5-13,15-20,24-26H,4,14H2,1-3H3/t24-,25+,26+/m0/s1. The molecule has 1 fully saturated rings. The van der Waals surface area contributed by atoms with Crippen LogP contribution in [0.25, 0.3) is 0 Å². The van der Waals surface area contributed by atoms with Gasteiger partial charge < -0.3 is 4.52 Å². The van der Waals surface area contributed by atoms with E-state index in [4.69, 9.17) is 16.3 Å². The van der Waals surface area contributed by atoms with Crippen LogP contribution in [0.2, 0.25) is 0 Å². The molecule has 4 rings (SSSR count). The zero-order valence-electron chi connectivity index (χ0n) is 18.5. The Morgan fingerprint density at radius 1 is 0.774 bits per heavy atom. The minimum Gasteiger partial charge on any atom is -0.318 e. The van der Waals surface area contributed by atoms with Gasteiger partial charge in [0.2, 0.25) is 6.57 Å². The summed E-state index contributed by atoms with van der Waals surface area (Å²) in [4.78, 5) is 0. The molecule has 0 spiro atoms. The summed E-state index contributed by atoms with van der Waals surface area (Å²) < 4.78 is 11.6. The molecule has 3 atom stereocenters. The SMILES string of the molecule is CCC[C@H](OP1(=S)N(C)[C@H](c2ccccc2)[C@@H](c2ccccc2)N1C)c1ccccc1. The van der Waals surface area contributed by atoms with Crippen LogP contribution < -0.4 is 0 Å². The first-order valence-corrected chi connectivity index (χ1v) is 13.6. The summed E-state index contributed by atoms with van der Waals surface area (Å²) in [6, 6.07) is 32.2. The van der Waals surface area contributed by atoms with Crippen LogP contribution in [0.4, 0.5) is 0 Å². The van der Waals surface area contributed by atoms with Crippen molar-refractivity contribution in [1.29, 1.82) is 0 Å². The fourth-order valence-electron chi connectivity index (χ4n) is 4.57. The van der Waals surface area contributed by atoms with Crippen LogP contribution in [0.15, 0.2) is 91.0 Å². The molecular formula is C26H31N2OPS. The van der Waals surface area contributed by atoms with Gasteiger partial charge in [-0.2, -0.15) is 0 Å². The lowest BCUT2D eigenvalue weighted by atomic mass is 9.93. The van der Waals surface area contributed by atoms with E-state index in [1.807, 2.05) is 0 Å². The van der Waals surface area contributed by atoms with Crippen molar-refractivity contribution in [1.82, 2.24) is 9.34 Å². The normalized spacial score (nSPS) is 22.4. The van der Waals surface area contributed by atoms with Crippen LogP contribution in [-0.4, -0.2) is 23.4 Å². The molecule has 0 aromatic heterocycles. The van der Waals surface area contributed by atoms with Crippen LogP contribution in [0.1, 0.15) is 54.6 Å². The highest BCUT2D eigenvalue weighted by atomic mass is 32.5. The second-order valence-corrected chi connectivity index (χ2v) is 12.0. The second kappa shape index (κ2) is 9.77. The summed E-state index contributed by atoms with van der Waals surface area (Å²) in [5.74, 6) is 0. The third-order valence-electron chi connectivity index (χ3n) is 6.17. The maximum Gasteiger partial charge on any atom is 0.204 e. The average molecular weight is 451 g/mol. The van der Waals surface area contributed by atoms with E-state index in [-0.39, 0.29) is 18.2 Å².